The Morgan fingerprint density at radius 1 is 1.10 bits per heavy atom. The molecule has 1 amide bonds. The maximum atomic E-state index is 12.8. The Hall–Kier alpha value is -2.93. The lowest BCUT2D eigenvalue weighted by atomic mass is 10.0. The summed E-state index contributed by atoms with van der Waals surface area (Å²) in [5.74, 6) is -0.229. The molecule has 7 heteroatoms. The van der Waals surface area contributed by atoms with E-state index in [0.717, 1.165) is 58.4 Å². The first kappa shape index (κ1) is 21.3. The minimum absolute atomic E-state index is 0.0162. The maximum Gasteiger partial charge on any atom is 0.293 e. The number of likely N-dealkylation sites (tertiary alicyclic amines) is 1. The van der Waals surface area contributed by atoms with Gasteiger partial charge < -0.3 is 10.2 Å². The highest BCUT2D eigenvalue weighted by molar-refractivity contribution is 5.96. The molecule has 2 aromatic carbocycles. The van der Waals surface area contributed by atoms with E-state index in [1.807, 2.05) is 4.90 Å². The predicted molar refractivity (Wildman–Crippen MR) is 121 cm³/mol. The third-order valence-corrected chi connectivity index (χ3v) is 6.29. The number of hydrogen-bond donors (Lipinski definition) is 1. The molecule has 31 heavy (non-hydrogen) atoms. The van der Waals surface area contributed by atoms with Crippen molar-refractivity contribution in [3.05, 3.63) is 69.3 Å². The standard InChI is InChI=1S/C24H30N4O3/c1-18-5-4-6-19(15-18)17-26-13-9-21(10-14-26)25-24(29)20-7-8-22(23(16-20)28(30)31)27-11-2-3-12-27/h4-8,15-16,21H,2-3,9-14,17H2,1H3,(H,25,29). The van der Waals surface area contributed by atoms with Crippen LogP contribution in [0.1, 0.15) is 47.2 Å². The number of nitro groups is 1. The summed E-state index contributed by atoms with van der Waals surface area (Å²) < 4.78 is 0. The van der Waals surface area contributed by atoms with Crippen LogP contribution in [0, 0.1) is 17.0 Å². The average molecular weight is 423 g/mol. The van der Waals surface area contributed by atoms with Crippen LogP contribution in [-0.4, -0.2) is 48.0 Å². The molecule has 2 aromatic rings. The van der Waals surface area contributed by atoms with Gasteiger partial charge in [0.25, 0.3) is 11.6 Å². The largest absolute Gasteiger partial charge is 0.366 e. The second-order valence-corrected chi connectivity index (χ2v) is 8.67. The van der Waals surface area contributed by atoms with Gasteiger partial charge in [0.1, 0.15) is 5.69 Å². The van der Waals surface area contributed by atoms with E-state index < -0.39 is 0 Å². The smallest absolute Gasteiger partial charge is 0.293 e. The summed E-state index contributed by atoms with van der Waals surface area (Å²) in [5, 5.41) is 14.7. The molecule has 0 bridgehead atoms. The van der Waals surface area contributed by atoms with Gasteiger partial charge in [-0.05, 0) is 50.3 Å². The quantitative estimate of drug-likeness (QED) is 0.564. The second-order valence-electron chi connectivity index (χ2n) is 8.67. The Morgan fingerprint density at radius 3 is 2.52 bits per heavy atom. The first-order valence-corrected chi connectivity index (χ1v) is 11.1. The van der Waals surface area contributed by atoms with Crippen LogP contribution in [-0.2, 0) is 6.54 Å². The molecule has 4 rings (SSSR count). The zero-order chi connectivity index (χ0) is 21.8. The van der Waals surface area contributed by atoms with Crippen molar-refractivity contribution >= 4 is 17.3 Å². The molecule has 2 heterocycles. The van der Waals surface area contributed by atoms with Gasteiger partial charge in [-0.1, -0.05) is 29.8 Å². The van der Waals surface area contributed by atoms with Crippen LogP contribution in [0.3, 0.4) is 0 Å². The summed E-state index contributed by atoms with van der Waals surface area (Å²) >= 11 is 0. The average Bonchev–Trinajstić information content (AvgIpc) is 3.29. The molecule has 2 aliphatic heterocycles. The lowest BCUT2D eigenvalue weighted by Gasteiger charge is -2.32. The molecule has 7 nitrogen and oxygen atoms in total. The minimum atomic E-state index is -0.381. The molecule has 2 aliphatic rings. The Kier molecular flexibility index (Phi) is 6.51. The van der Waals surface area contributed by atoms with Crippen molar-refractivity contribution in [1.29, 1.82) is 0 Å². The number of carbonyl (C=O) groups is 1. The van der Waals surface area contributed by atoms with Gasteiger partial charge in [-0.25, -0.2) is 0 Å². The highest BCUT2D eigenvalue weighted by atomic mass is 16.6. The summed E-state index contributed by atoms with van der Waals surface area (Å²) in [7, 11) is 0. The predicted octanol–water partition coefficient (Wildman–Crippen LogP) is 3.90. The fourth-order valence-corrected chi connectivity index (χ4v) is 4.61. The van der Waals surface area contributed by atoms with Crippen LogP contribution in [0.4, 0.5) is 11.4 Å². The van der Waals surface area contributed by atoms with Gasteiger partial charge in [-0.15, -0.1) is 0 Å². The number of aryl methyl sites for hydroxylation is 1. The number of carbonyl (C=O) groups excluding carboxylic acids is 1. The lowest BCUT2D eigenvalue weighted by Crippen LogP contribution is -2.44. The van der Waals surface area contributed by atoms with Crippen LogP contribution < -0.4 is 10.2 Å². The van der Waals surface area contributed by atoms with Gasteiger partial charge in [0.05, 0.1) is 4.92 Å². The van der Waals surface area contributed by atoms with Crippen molar-refractivity contribution in [2.75, 3.05) is 31.1 Å². The molecular weight excluding hydrogens is 392 g/mol. The van der Waals surface area contributed by atoms with Crippen molar-refractivity contribution in [1.82, 2.24) is 10.2 Å². The number of amides is 1. The van der Waals surface area contributed by atoms with Gasteiger partial charge >= 0.3 is 0 Å². The van der Waals surface area contributed by atoms with Crippen molar-refractivity contribution in [3.63, 3.8) is 0 Å². The molecule has 0 saturated carbocycles. The molecule has 0 atom stereocenters. The van der Waals surface area contributed by atoms with E-state index in [-0.39, 0.29) is 22.6 Å². The minimum Gasteiger partial charge on any atom is -0.366 e. The van der Waals surface area contributed by atoms with E-state index in [2.05, 4.69) is 41.4 Å². The highest BCUT2D eigenvalue weighted by Gasteiger charge is 2.25. The highest BCUT2D eigenvalue weighted by Crippen LogP contribution is 2.31. The van der Waals surface area contributed by atoms with Crippen molar-refractivity contribution < 1.29 is 9.72 Å². The first-order valence-electron chi connectivity index (χ1n) is 11.1. The summed E-state index contributed by atoms with van der Waals surface area (Å²) in [6, 6.07) is 13.5. The first-order chi connectivity index (χ1) is 15.0. The SMILES string of the molecule is Cc1cccc(CN2CCC(NC(=O)c3ccc(N4CCCC4)c([N+](=O)[O-])c3)CC2)c1. The number of hydrogen-bond acceptors (Lipinski definition) is 5. The number of anilines is 1. The van der Waals surface area contributed by atoms with Crippen LogP contribution in [0.15, 0.2) is 42.5 Å². The van der Waals surface area contributed by atoms with Crippen molar-refractivity contribution in [2.45, 2.75) is 45.2 Å². The summed E-state index contributed by atoms with van der Waals surface area (Å²) in [6.45, 7) is 6.53. The Bertz CT molecular complexity index is 948. The maximum absolute atomic E-state index is 12.8. The second kappa shape index (κ2) is 9.47. The topological polar surface area (TPSA) is 78.7 Å². The summed E-state index contributed by atoms with van der Waals surface area (Å²) in [5.41, 5.74) is 3.57. The number of benzene rings is 2. The monoisotopic (exact) mass is 422 g/mol. The molecule has 0 spiro atoms. The van der Waals surface area contributed by atoms with Crippen LogP contribution in [0.5, 0.6) is 0 Å². The van der Waals surface area contributed by atoms with E-state index in [1.54, 1.807) is 12.1 Å². The summed E-state index contributed by atoms with van der Waals surface area (Å²) in [4.78, 5) is 28.4. The molecular formula is C24H30N4O3. The van der Waals surface area contributed by atoms with Crippen molar-refractivity contribution in [3.8, 4) is 0 Å². The van der Waals surface area contributed by atoms with E-state index in [0.29, 0.717) is 11.3 Å². The fraction of sp³-hybridized carbons (Fsp3) is 0.458. The van der Waals surface area contributed by atoms with Crippen LogP contribution >= 0.6 is 0 Å². The van der Waals surface area contributed by atoms with Gasteiger partial charge in [-0.3, -0.25) is 19.8 Å². The van der Waals surface area contributed by atoms with Gasteiger partial charge in [-0.2, -0.15) is 0 Å². The molecule has 2 saturated heterocycles. The van der Waals surface area contributed by atoms with Gasteiger partial charge in [0.2, 0.25) is 0 Å². The molecule has 0 aliphatic carbocycles. The zero-order valence-corrected chi connectivity index (χ0v) is 18.0. The molecule has 2 fully saturated rings. The number of nitrogens with one attached hydrogen (secondary N) is 1. The molecule has 1 N–H and O–H groups in total. The number of rotatable bonds is 6. The molecule has 164 valence electrons. The zero-order valence-electron chi connectivity index (χ0n) is 18.0. The normalized spacial score (nSPS) is 17.6. The number of nitro benzene ring substituents is 1. The van der Waals surface area contributed by atoms with Crippen LogP contribution in [0.25, 0.3) is 0 Å². The van der Waals surface area contributed by atoms with E-state index in [4.69, 9.17) is 0 Å². The Morgan fingerprint density at radius 2 is 1.84 bits per heavy atom. The number of piperidine rings is 1. The van der Waals surface area contributed by atoms with Crippen LogP contribution in [0.2, 0.25) is 0 Å². The molecule has 0 aromatic heterocycles. The molecule has 0 radical (unpaired) electrons. The van der Waals surface area contributed by atoms with E-state index in [9.17, 15) is 14.9 Å². The number of nitrogens with zero attached hydrogens (tertiary/aromatic N) is 3. The van der Waals surface area contributed by atoms with Gasteiger partial charge in [0, 0.05) is 50.4 Å². The molecule has 0 unspecified atom stereocenters. The third kappa shape index (κ3) is 5.22. The Balaban J connectivity index is 1.34. The van der Waals surface area contributed by atoms with E-state index in [1.165, 1.54) is 17.2 Å². The summed E-state index contributed by atoms with van der Waals surface area (Å²) in [6.07, 6.45) is 3.85. The lowest BCUT2D eigenvalue weighted by molar-refractivity contribution is -0.384. The third-order valence-electron chi connectivity index (χ3n) is 6.29. The van der Waals surface area contributed by atoms with Crippen molar-refractivity contribution in [2.24, 2.45) is 0 Å². The van der Waals surface area contributed by atoms with E-state index >= 15 is 0 Å². The Labute approximate surface area is 183 Å². The van der Waals surface area contributed by atoms with Gasteiger partial charge in [0.15, 0.2) is 0 Å². The fourth-order valence-electron chi connectivity index (χ4n) is 4.61.